The Bertz CT molecular complexity index is 891. The molecule has 0 aliphatic carbocycles. The van der Waals surface area contributed by atoms with Crippen LogP contribution in [0.3, 0.4) is 0 Å². The number of rotatable bonds is 5. The van der Waals surface area contributed by atoms with E-state index in [1.807, 2.05) is 30.3 Å². The second-order valence-electron chi connectivity index (χ2n) is 4.89. The minimum absolute atomic E-state index is 0.0783. The number of hydrogen-bond donors (Lipinski definition) is 0. The van der Waals surface area contributed by atoms with E-state index in [2.05, 4.69) is 26.1 Å². The van der Waals surface area contributed by atoms with Crippen LogP contribution >= 0.6 is 15.9 Å². The van der Waals surface area contributed by atoms with Crippen LogP contribution in [0.4, 0.5) is 0 Å². The van der Waals surface area contributed by atoms with Crippen molar-refractivity contribution in [3.05, 3.63) is 65.0 Å². The zero-order valence-corrected chi connectivity index (χ0v) is 14.4. The minimum Gasteiger partial charge on any atom is -0.421 e. The maximum Gasteiger partial charge on any atom is 0.247 e. The van der Waals surface area contributed by atoms with Crippen molar-refractivity contribution in [2.45, 2.75) is 11.3 Å². The Morgan fingerprint density at radius 3 is 2.35 bits per heavy atom. The van der Waals surface area contributed by atoms with Crippen LogP contribution in [-0.2, 0) is 16.3 Å². The second kappa shape index (κ2) is 6.64. The highest BCUT2D eigenvalue weighted by molar-refractivity contribution is 9.10. The summed E-state index contributed by atoms with van der Waals surface area (Å²) in [7, 11) is -3.38. The van der Waals surface area contributed by atoms with E-state index in [1.54, 1.807) is 24.3 Å². The quantitative estimate of drug-likeness (QED) is 0.663. The van der Waals surface area contributed by atoms with Crippen molar-refractivity contribution < 1.29 is 12.8 Å². The van der Waals surface area contributed by atoms with Crippen molar-refractivity contribution in [3.63, 3.8) is 0 Å². The van der Waals surface area contributed by atoms with Gasteiger partial charge in [-0.15, -0.1) is 10.2 Å². The van der Waals surface area contributed by atoms with E-state index in [0.29, 0.717) is 11.8 Å². The van der Waals surface area contributed by atoms with E-state index in [4.69, 9.17) is 4.42 Å². The molecule has 0 radical (unpaired) electrons. The molecule has 1 heterocycles. The van der Waals surface area contributed by atoms with Gasteiger partial charge in [0, 0.05) is 16.5 Å². The van der Waals surface area contributed by atoms with Crippen molar-refractivity contribution in [2.75, 3.05) is 5.75 Å². The fourth-order valence-electron chi connectivity index (χ4n) is 2.03. The van der Waals surface area contributed by atoms with Gasteiger partial charge in [0.1, 0.15) is 0 Å². The van der Waals surface area contributed by atoms with Gasteiger partial charge in [-0.3, -0.25) is 0 Å². The molecule has 0 unspecified atom stereocenters. The summed E-state index contributed by atoms with van der Waals surface area (Å²) in [6.07, 6.45) is 0.179. The number of hydrogen-bond acceptors (Lipinski definition) is 5. The monoisotopic (exact) mass is 392 g/mol. The van der Waals surface area contributed by atoms with Crippen LogP contribution in [0.15, 0.2) is 68.4 Å². The van der Waals surface area contributed by atoms with Crippen LogP contribution in [0.1, 0.15) is 5.89 Å². The molecule has 2 aromatic carbocycles. The van der Waals surface area contributed by atoms with Gasteiger partial charge in [-0.05, 0) is 36.4 Å². The van der Waals surface area contributed by atoms with Crippen molar-refractivity contribution in [1.29, 1.82) is 0 Å². The standard InChI is InChI=1S/C16H13BrN2O3S/c17-13-6-8-14(9-7-13)23(20,21)11-10-15-18-19-16(22-15)12-4-2-1-3-5-12/h1-9H,10-11H2. The molecular formula is C16H13BrN2O3S. The van der Waals surface area contributed by atoms with E-state index in [0.717, 1.165) is 10.0 Å². The highest BCUT2D eigenvalue weighted by atomic mass is 79.9. The van der Waals surface area contributed by atoms with Gasteiger partial charge in [-0.2, -0.15) is 0 Å². The molecule has 0 spiro atoms. The Morgan fingerprint density at radius 1 is 0.957 bits per heavy atom. The first-order chi connectivity index (χ1) is 11.0. The molecule has 0 saturated heterocycles. The Labute approximate surface area is 142 Å². The third kappa shape index (κ3) is 3.86. The van der Waals surface area contributed by atoms with E-state index < -0.39 is 9.84 Å². The van der Waals surface area contributed by atoms with Crippen LogP contribution in [0.5, 0.6) is 0 Å². The molecule has 0 saturated carbocycles. The molecule has 1 aromatic heterocycles. The summed E-state index contributed by atoms with van der Waals surface area (Å²) in [5.74, 6) is 0.622. The number of aryl methyl sites for hydroxylation is 1. The first kappa shape index (κ1) is 15.9. The lowest BCUT2D eigenvalue weighted by Crippen LogP contribution is -2.09. The van der Waals surface area contributed by atoms with Crippen LogP contribution in [-0.4, -0.2) is 24.4 Å². The molecule has 118 valence electrons. The van der Waals surface area contributed by atoms with Crippen molar-refractivity contribution in [3.8, 4) is 11.5 Å². The summed E-state index contributed by atoms with van der Waals surface area (Å²) in [5, 5.41) is 7.87. The molecule has 0 aliphatic rings. The topological polar surface area (TPSA) is 73.1 Å². The lowest BCUT2D eigenvalue weighted by molar-refractivity contribution is 0.510. The molecule has 0 atom stereocenters. The van der Waals surface area contributed by atoms with Gasteiger partial charge < -0.3 is 4.42 Å². The van der Waals surface area contributed by atoms with E-state index in [-0.39, 0.29) is 17.1 Å². The van der Waals surface area contributed by atoms with E-state index >= 15 is 0 Å². The van der Waals surface area contributed by atoms with Crippen molar-refractivity contribution >= 4 is 25.8 Å². The van der Waals surface area contributed by atoms with Crippen LogP contribution in [0.2, 0.25) is 0 Å². The highest BCUT2D eigenvalue weighted by Gasteiger charge is 2.17. The summed E-state index contributed by atoms with van der Waals surface area (Å²) < 4.78 is 30.9. The lowest BCUT2D eigenvalue weighted by atomic mass is 10.2. The summed E-state index contributed by atoms with van der Waals surface area (Å²) in [4.78, 5) is 0.281. The molecule has 5 nitrogen and oxygen atoms in total. The Morgan fingerprint density at radius 2 is 1.65 bits per heavy atom. The predicted molar refractivity (Wildman–Crippen MR) is 89.6 cm³/mol. The van der Waals surface area contributed by atoms with Gasteiger partial charge in [0.2, 0.25) is 11.8 Å². The van der Waals surface area contributed by atoms with Gasteiger partial charge in [0.05, 0.1) is 10.6 Å². The van der Waals surface area contributed by atoms with Crippen molar-refractivity contribution in [2.24, 2.45) is 0 Å². The minimum atomic E-state index is -3.38. The molecule has 3 rings (SSSR count). The largest absolute Gasteiger partial charge is 0.421 e. The summed E-state index contributed by atoms with van der Waals surface area (Å²) >= 11 is 3.28. The SMILES string of the molecule is O=S(=O)(CCc1nnc(-c2ccccc2)o1)c1ccc(Br)cc1. The first-order valence-electron chi connectivity index (χ1n) is 6.91. The zero-order chi connectivity index (χ0) is 16.3. The first-order valence-corrected chi connectivity index (χ1v) is 9.35. The summed E-state index contributed by atoms with van der Waals surface area (Å²) in [6, 6.07) is 15.9. The van der Waals surface area contributed by atoms with Crippen molar-refractivity contribution in [1.82, 2.24) is 10.2 Å². The maximum atomic E-state index is 12.3. The van der Waals surface area contributed by atoms with Crippen LogP contribution in [0.25, 0.3) is 11.5 Å². The third-order valence-electron chi connectivity index (χ3n) is 3.24. The number of benzene rings is 2. The molecule has 0 aliphatic heterocycles. The van der Waals surface area contributed by atoms with Gasteiger partial charge in [0.15, 0.2) is 9.84 Å². The molecular weight excluding hydrogens is 380 g/mol. The average Bonchev–Trinajstić information content (AvgIpc) is 3.03. The fourth-order valence-corrected chi connectivity index (χ4v) is 3.53. The number of aromatic nitrogens is 2. The van der Waals surface area contributed by atoms with Gasteiger partial charge in [-0.25, -0.2) is 8.42 Å². The molecule has 0 N–H and O–H groups in total. The second-order valence-corrected chi connectivity index (χ2v) is 7.91. The van der Waals surface area contributed by atoms with E-state index in [9.17, 15) is 8.42 Å². The van der Waals surface area contributed by atoms with Crippen LogP contribution in [0, 0.1) is 0 Å². The van der Waals surface area contributed by atoms with Gasteiger partial charge in [0.25, 0.3) is 0 Å². The fraction of sp³-hybridized carbons (Fsp3) is 0.125. The number of sulfone groups is 1. The Kier molecular flexibility index (Phi) is 4.58. The molecule has 0 bridgehead atoms. The Hall–Kier alpha value is -1.99. The smallest absolute Gasteiger partial charge is 0.247 e. The van der Waals surface area contributed by atoms with Crippen LogP contribution < -0.4 is 0 Å². The predicted octanol–water partition coefficient (Wildman–Crippen LogP) is 3.52. The van der Waals surface area contributed by atoms with E-state index in [1.165, 1.54) is 0 Å². The lowest BCUT2D eigenvalue weighted by Gasteiger charge is -2.02. The summed E-state index contributed by atoms with van der Waals surface area (Å²) in [5.41, 5.74) is 0.807. The molecule has 7 heteroatoms. The molecule has 0 fully saturated rings. The van der Waals surface area contributed by atoms with Gasteiger partial charge in [-0.1, -0.05) is 34.1 Å². The third-order valence-corrected chi connectivity index (χ3v) is 5.51. The number of nitrogens with zero attached hydrogens (tertiary/aromatic N) is 2. The molecule has 0 amide bonds. The molecule has 3 aromatic rings. The summed E-state index contributed by atoms with van der Waals surface area (Å²) in [6.45, 7) is 0. The van der Waals surface area contributed by atoms with Gasteiger partial charge >= 0.3 is 0 Å². The highest BCUT2D eigenvalue weighted by Crippen LogP contribution is 2.19. The maximum absolute atomic E-state index is 12.3. The number of halogens is 1. The Balaban J connectivity index is 1.71. The normalized spacial score (nSPS) is 11.5. The molecule has 23 heavy (non-hydrogen) atoms. The zero-order valence-electron chi connectivity index (χ0n) is 12.0. The average molecular weight is 393 g/mol.